The van der Waals surface area contributed by atoms with E-state index in [9.17, 15) is 14.8 Å². The molecule has 1 heterocycles. The van der Waals surface area contributed by atoms with Crippen LogP contribution >= 0.6 is 0 Å². The Hall–Kier alpha value is -1.68. The van der Waals surface area contributed by atoms with Crippen LogP contribution in [-0.4, -0.2) is 22.1 Å². The molecule has 0 aliphatic carbocycles. The van der Waals surface area contributed by atoms with Gasteiger partial charge in [-0.1, -0.05) is 44.4 Å². The molecule has 1 aromatic carbocycles. The predicted molar refractivity (Wildman–Crippen MR) is 66.3 cm³/mol. The van der Waals surface area contributed by atoms with Crippen molar-refractivity contribution in [1.82, 2.24) is 5.06 Å². The van der Waals surface area contributed by atoms with Crippen molar-refractivity contribution >= 4 is 11.8 Å². The van der Waals surface area contributed by atoms with Gasteiger partial charge in [-0.25, -0.2) is 0 Å². The molecule has 96 valence electrons. The minimum atomic E-state index is -0.623. The van der Waals surface area contributed by atoms with Crippen LogP contribution in [0.4, 0.5) is 0 Å². The van der Waals surface area contributed by atoms with Crippen LogP contribution in [0.2, 0.25) is 0 Å². The first-order valence-corrected chi connectivity index (χ1v) is 6.33. The number of rotatable bonds is 4. The third-order valence-electron chi connectivity index (χ3n) is 3.36. The van der Waals surface area contributed by atoms with Gasteiger partial charge in [-0.3, -0.25) is 14.8 Å². The van der Waals surface area contributed by atoms with Gasteiger partial charge in [0, 0.05) is 5.56 Å². The second-order valence-corrected chi connectivity index (χ2v) is 4.59. The van der Waals surface area contributed by atoms with Gasteiger partial charge in [0.05, 0.1) is 5.92 Å². The number of carbonyl (C=O) groups is 2. The van der Waals surface area contributed by atoms with Gasteiger partial charge in [0.25, 0.3) is 11.8 Å². The number of hydroxylamine groups is 2. The molecule has 0 aromatic heterocycles. The van der Waals surface area contributed by atoms with Crippen LogP contribution in [0.15, 0.2) is 24.3 Å². The topological polar surface area (TPSA) is 57.6 Å². The number of hydrogen-bond donors (Lipinski definition) is 1. The van der Waals surface area contributed by atoms with Gasteiger partial charge in [-0.2, -0.15) is 5.06 Å². The van der Waals surface area contributed by atoms with E-state index in [4.69, 9.17) is 0 Å². The van der Waals surface area contributed by atoms with E-state index in [-0.39, 0.29) is 5.06 Å². The molecule has 18 heavy (non-hydrogen) atoms. The van der Waals surface area contributed by atoms with E-state index in [0.717, 1.165) is 24.8 Å². The molecule has 0 saturated carbocycles. The van der Waals surface area contributed by atoms with Gasteiger partial charge in [-0.15, -0.1) is 0 Å². The van der Waals surface area contributed by atoms with Crippen molar-refractivity contribution in [3.05, 3.63) is 35.4 Å². The largest absolute Gasteiger partial charge is 0.284 e. The quantitative estimate of drug-likeness (QED) is 0.505. The summed E-state index contributed by atoms with van der Waals surface area (Å²) in [5.74, 6) is -1.52. The van der Waals surface area contributed by atoms with Crippen LogP contribution < -0.4 is 0 Å². The third-order valence-corrected chi connectivity index (χ3v) is 3.36. The number of unbranched alkanes of at least 4 members (excludes halogenated alkanes) is 2. The molecule has 4 heteroatoms. The molecule has 0 fully saturated rings. The molecule has 1 N–H and O–H groups in total. The monoisotopic (exact) mass is 247 g/mol. The molecule has 1 aliphatic heterocycles. The van der Waals surface area contributed by atoms with Crippen LogP contribution in [0.1, 0.15) is 54.4 Å². The van der Waals surface area contributed by atoms with Crippen LogP contribution in [0, 0.1) is 0 Å². The Balaban J connectivity index is 2.30. The summed E-state index contributed by atoms with van der Waals surface area (Å²) in [6.07, 6.45) is 3.72. The summed E-state index contributed by atoms with van der Waals surface area (Å²) in [4.78, 5) is 23.7. The van der Waals surface area contributed by atoms with Crippen molar-refractivity contribution in [2.24, 2.45) is 0 Å². The first kappa shape index (κ1) is 12.8. The summed E-state index contributed by atoms with van der Waals surface area (Å²) in [6, 6.07) is 7.01. The van der Waals surface area contributed by atoms with E-state index < -0.39 is 17.7 Å². The lowest BCUT2D eigenvalue weighted by Gasteiger charge is -2.28. The lowest BCUT2D eigenvalue weighted by atomic mass is 9.86. The second-order valence-electron chi connectivity index (χ2n) is 4.59. The van der Waals surface area contributed by atoms with Crippen LogP contribution in [-0.2, 0) is 4.79 Å². The van der Waals surface area contributed by atoms with E-state index in [0.29, 0.717) is 12.0 Å². The molecule has 0 bridgehead atoms. The number of imide groups is 1. The molecule has 0 saturated heterocycles. The number of hydrogen-bond acceptors (Lipinski definition) is 3. The van der Waals surface area contributed by atoms with Crippen LogP contribution in [0.25, 0.3) is 0 Å². The highest BCUT2D eigenvalue weighted by atomic mass is 16.5. The Morgan fingerprint density at radius 2 is 1.94 bits per heavy atom. The van der Waals surface area contributed by atoms with Gasteiger partial charge in [0.1, 0.15) is 0 Å². The fourth-order valence-corrected chi connectivity index (χ4v) is 2.37. The Bertz CT molecular complexity index is 470. The van der Waals surface area contributed by atoms with E-state index in [1.165, 1.54) is 0 Å². The summed E-state index contributed by atoms with van der Waals surface area (Å²) in [6.45, 7) is 2.10. The van der Waals surface area contributed by atoms with Crippen LogP contribution in [0.5, 0.6) is 0 Å². The molecule has 1 unspecified atom stereocenters. The van der Waals surface area contributed by atoms with Crippen LogP contribution in [0.3, 0.4) is 0 Å². The molecular weight excluding hydrogens is 230 g/mol. The third kappa shape index (κ3) is 2.16. The smallest absolute Gasteiger partial charge is 0.278 e. The highest BCUT2D eigenvalue weighted by Crippen LogP contribution is 2.32. The van der Waals surface area contributed by atoms with Crippen molar-refractivity contribution in [2.75, 3.05) is 0 Å². The zero-order valence-corrected chi connectivity index (χ0v) is 10.4. The highest BCUT2D eigenvalue weighted by molar-refractivity contribution is 6.10. The minimum Gasteiger partial charge on any atom is -0.278 e. The molecule has 1 atom stereocenters. The molecular formula is C14H17NO3. The fraction of sp³-hybridized carbons (Fsp3) is 0.429. The lowest BCUT2D eigenvalue weighted by molar-refractivity contribution is -0.157. The highest BCUT2D eigenvalue weighted by Gasteiger charge is 2.37. The van der Waals surface area contributed by atoms with E-state index in [1.54, 1.807) is 18.2 Å². The molecule has 2 rings (SSSR count). The summed E-state index contributed by atoms with van der Waals surface area (Å²) in [5, 5.41) is 9.82. The Morgan fingerprint density at radius 3 is 2.67 bits per heavy atom. The summed E-state index contributed by atoms with van der Waals surface area (Å²) in [5.41, 5.74) is 1.18. The zero-order valence-electron chi connectivity index (χ0n) is 10.4. The minimum absolute atomic E-state index is 0.263. The summed E-state index contributed by atoms with van der Waals surface area (Å²) >= 11 is 0. The molecule has 4 nitrogen and oxygen atoms in total. The van der Waals surface area contributed by atoms with Gasteiger partial charge >= 0.3 is 0 Å². The Kier molecular flexibility index (Phi) is 3.77. The number of benzene rings is 1. The number of nitrogens with zero attached hydrogens (tertiary/aromatic N) is 1. The molecule has 1 aliphatic rings. The maximum absolute atomic E-state index is 11.9. The van der Waals surface area contributed by atoms with Crippen molar-refractivity contribution in [3.8, 4) is 0 Å². The maximum atomic E-state index is 11.9. The van der Waals surface area contributed by atoms with Crippen molar-refractivity contribution in [3.63, 3.8) is 0 Å². The van der Waals surface area contributed by atoms with E-state index in [2.05, 4.69) is 6.92 Å². The van der Waals surface area contributed by atoms with Gasteiger partial charge in [0.15, 0.2) is 0 Å². The number of fused-ring (bicyclic) bond motifs is 1. The van der Waals surface area contributed by atoms with Crippen molar-refractivity contribution < 1.29 is 14.8 Å². The molecule has 0 spiro atoms. The van der Waals surface area contributed by atoms with Crippen molar-refractivity contribution in [1.29, 1.82) is 0 Å². The normalized spacial score (nSPS) is 19.0. The Morgan fingerprint density at radius 1 is 1.22 bits per heavy atom. The maximum Gasteiger partial charge on any atom is 0.284 e. The zero-order chi connectivity index (χ0) is 13.1. The summed E-state index contributed by atoms with van der Waals surface area (Å²) in [7, 11) is 0. The first-order valence-electron chi connectivity index (χ1n) is 6.33. The SMILES string of the molecule is CCCCCC1C(=O)N(O)C(=O)c2ccccc21. The number of carbonyl (C=O) groups excluding carboxylic acids is 2. The molecule has 2 amide bonds. The number of amides is 2. The standard InChI is InChI=1S/C14H17NO3/c1-2-3-4-8-11-10-7-5-6-9-12(10)14(17)15(18)13(11)16/h5-7,9,11,18H,2-4,8H2,1H3. The average Bonchev–Trinajstić information content (AvgIpc) is 2.40. The fourth-order valence-electron chi connectivity index (χ4n) is 2.37. The van der Waals surface area contributed by atoms with Gasteiger partial charge in [-0.05, 0) is 18.1 Å². The Labute approximate surface area is 106 Å². The predicted octanol–water partition coefficient (Wildman–Crippen LogP) is 2.72. The molecule has 0 radical (unpaired) electrons. The van der Waals surface area contributed by atoms with Crippen molar-refractivity contribution in [2.45, 2.75) is 38.5 Å². The second kappa shape index (κ2) is 5.31. The average molecular weight is 247 g/mol. The summed E-state index contributed by atoms with van der Waals surface area (Å²) < 4.78 is 0. The van der Waals surface area contributed by atoms with E-state index in [1.807, 2.05) is 6.07 Å². The van der Waals surface area contributed by atoms with Gasteiger partial charge in [0.2, 0.25) is 0 Å². The van der Waals surface area contributed by atoms with Gasteiger partial charge < -0.3 is 0 Å². The van der Waals surface area contributed by atoms with E-state index >= 15 is 0 Å². The lowest BCUT2D eigenvalue weighted by Crippen LogP contribution is -2.42. The molecule has 1 aromatic rings. The first-order chi connectivity index (χ1) is 8.66.